The Morgan fingerprint density at radius 3 is 1.83 bits per heavy atom. The topological polar surface area (TPSA) is 179 Å². The van der Waals surface area contributed by atoms with Crippen molar-refractivity contribution in [1.29, 1.82) is 10.5 Å². The summed E-state index contributed by atoms with van der Waals surface area (Å²) < 4.78 is 9.19. The van der Waals surface area contributed by atoms with Gasteiger partial charge in [-0.25, -0.2) is 19.3 Å². The Balaban J connectivity index is 0. The fourth-order valence-corrected chi connectivity index (χ4v) is 2.40. The third-order valence-electron chi connectivity index (χ3n) is 3.93. The van der Waals surface area contributed by atoms with Crippen LogP contribution in [-0.2, 0) is 9.47 Å². The molecule has 174 valence electrons. The molecule has 11 nitrogen and oxygen atoms in total. The molecule has 0 spiro atoms. The number of carboxylic acid groups (broad SMARTS) is 1. The second kappa shape index (κ2) is 17.3. The van der Waals surface area contributed by atoms with Gasteiger partial charge in [0.1, 0.15) is 0 Å². The number of nitriles is 2. The number of benzene rings is 2. The van der Waals surface area contributed by atoms with Crippen molar-refractivity contribution in [2.24, 2.45) is 0 Å². The van der Waals surface area contributed by atoms with Crippen LogP contribution in [0.15, 0.2) is 36.4 Å². The van der Waals surface area contributed by atoms with Crippen LogP contribution < -0.4 is 18.9 Å². The number of carboxylic acids is 1. The van der Waals surface area contributed by atoms with Crippen molar-refractivity contribution in [1.82, 2.24) is 0 Å². The van der Waals surface area contributed by atoms with Gasteiger partial charge >= 0.3 is 30.8 Å². The standard InChI is InChI=1S/C10H6N2O2.C9H4N2O2.C4H8O2.Li.H2O/c1-12-9-4-7(6-11)3-8(5-9)10(13)14-2;1-11-8-3-6(5-10)2-7(4-8)9(12)13;5-4-2-1-3-6-4;;/h3-5H,2H3;2-4H,(H,12,13);4-5H,1-3H2;;1H2/q;;;+1;/p-1. The SMILES string of the molecule is OC1CCCO1.[C-]#[N+]c1cc(C#N)cc(C(=O)O)c1.[C-]#[N+]c1cc(C#N)cc(C(=O)OC)c1.[Li+].[OH-]. The number of ether oxygens (including phenoxy) is 2. The number of hydrogen-bond acceptors (Lipinski definition) is 8. The van der Waals surface area contributed by atoms with Crippen molar-refractivity contribution in [2.75, 3.05) is 13.7 Å². The summed E-state index contributed by atoms with van der Waals surface area (Å²) in [6.45, 7) is 14.2. The molecule has 1 aliphatic rings. The van der Waals surface area contributed by atoms with Crippen LogP contribution in [0.1, 0.15) is 44.7 Å². The summed E-state index contributed by atoms with van der Waals surface area (Å²) in [5, 5.41) is 34.3. The minimum atomic E-state index is -1.14. The van der Waals surface area contributed by atoms with E-state index in [0.29, 0.717) is 0 Å². The number of carbonyl (C=O) groups is 2. The van der Waals surface area contributed by atoms with Gasteiger partial charge in [-0.3, -0.25) is 0 Å². The fourth-order valence-electron chi connectivity index (χ4n) is 2.40. The summed E-state index contributed by atoms with van der Waals surface area (Å²) in [6.07, 6.45) is 1.38. The summed E-state index contributed by atoms with van der Waals surface area (Å²) in [6, 6.07) is 11.7. The molecule has 12 heteroatoms. The number of aliphatic hydroxyl groups is 1. The molecule has 0 aromatic heterocycles. The van der Waals surface area contributed by atoms with E-state index in [4.69, 9.17) is 38.6 Å². The van der Waals surface area contributed by atoms with Gasteiger partial charge in [0.2, 0.25) is 0 Å². The molecule has 1 unspecified atom stereocenters. The molecular weight excluding hydrogens is 451 g/mol. The van der Waals surface area contributed by atoms with E-state index in [1.165, 1.54) is 43.5 Å². The van der Waals surface area contributed by atoms with Crippen LogP contribution in [0.2, 0.25) is 0 Å². The second-order valence-electron chi connectivity index (χ2n) is 6.25. The summed E-state index contributed by atoms with van der Waals surface area (Å²) >= 11 is 0. The number of aromatic carboxylic acids is 1. The monoisotopic (exact) mass is 470 g/mol. The van der Waals surface area contributed by atoms with Gasteiger partial charge in [0, 0.05) is 24.2 Å². The van der Waals surface area contributed by atoms with Crippen molar-refractivity contribution in [3.8, 4) is 12.1 Å². The first-order chi connectivity index (χ1) is 15.8. The average Bonchev–Trinajstić information content (AvgIpc) is 3.34. The Kier molecular flexibility index (Phi) is 16.3. The zero-order chi connectivity index (χ0) is 24.8. The number of methoxy groups -OCH3 is 1. The first kappa shape index (κ1) is 33.0. The van der Waals surface area contributed by atoms with Crippen molar-refractivity contribution in [3.05, 3.63) is 81.5 Å². The molecule has 1 fully saturated rings. The number of nitrogens with zero attached hydrogens (tertiary/aromatic N) is 4. The third-order valence-corrected chi connectivity index (χ3v) is 3.93. The third kappa shape index (κ3) is 11.5. The van der Waals surface area contributed by atoms with Crippen molar-refractivity contribution in [3.63, 3.8) is 0 Å². The van der Waals surface area contributed by atoms with Gasteiger partial charge in [-0.05, 0) is 42.8 Å². The van der Waals surface area contributed by atoms with E-state index in [0.717, 1.165) is 19.4 Å². The quantitative estimate of drug-likeness (QED) is 0.362. The van der Waals surface area contributed by atoms with E-state index in [2.05, 4.69) is 14.4 Å². The summed E-state index contributed by atoms with van der Waals surface area (Å²) in [4.78, 5) is 27.8. The first-order valence-corrected chi connectivity index (χ1v) is 9.24. The van der Waals surface area contributed by atoms with E-state index in [1.54, 1.807) is 6.07 Å². The average molecular weight is 470 g/mol. The maximum atomic E-state index is 11.1. The predicted octanol–water partition coefficient (Wildman–Crippen LogP) is 0.645. The molecule has 0 radical (unpaired) electrons. The second-order valence-corrected chi connectivity index (χ2v) is 6.25. The van der Waals surface area contributed by atoms with Gasteiger partial charge in [0.05, 0.1) is 43.5 Å². The zero-order valence-electron chi connectivity index (χ0n) is 18.9. The minimum Gasteiger partial charge on any atom is -0.870 e. The molecule has 1 saturated heterocycles. The van der Waals surface area contributed by atoms with Crippen LogP contribution in [0.25, 0.3) is 9.69 Å². The molecule has 0 saturated carbocycles. The van der Waals surface area contributed by atoms with Crippen LogP contribution >= 0.6 is 0 Å². The van der Waals surface area contributed by atoms with Crippen LogP contribution in [0.4, 0.5) is 11.4 Å². The molecule has 35 heavy (non-hydrogen) atoms. The van der Waals surface area contributed by atoms with Crippen molar-refractivity contribution >= 4 is 23.3 Å². The van der Waals surface area contributed by atoms with E-state index < -0.39 is 18.2 Å². The summed E-state index contributed by atoms with van der Waals surface area (Å²) in [5.74, 6) is -1.69. The van der Waals surface area contributed by atoms with Gasteiger partial charge in [0.25, 0.3) is 0 Å². The van der Waals surface area contributed by atoms with E-state index in [9.17, 15) is 9.59 Å². The Morgan fingerprint density at radius 1 is 1.03 bits per heavy atom. The molecule has 2 aromatic carbocycles. The van der Waals surface area contributed by atoms with Crippen LogP contribution in [0, 0.1) is 35.8 Å². The molecule has 0 bridgehead atoms. The Labute approximate surface area is 213 Å². The first-order valence-electron chi connectivity index (χ1n) is 9.24. The maximum Gasteiger partial charge on any atom is 1.00 e. The van der Waals surface area contributed by atoms with E-state index >= 15 is 0 Å². The van der Waals surface area contributed by atoms with E-state index in [-0.39, 0.29) is 58.0 Å². The Morgan fingerprint density at radius 2 is 1.51 bits per heavy atom. The molecule has 0 amide bonds. The van der Waals surface area contributed by atoms with Crippen LogP contribution in [-0.4, -0.2) is 47.6 Å². The van der Waals surface area contributed by atoms with Crippen molar-refractivity contribution < 1.29 is 53.6 Å². The van der Waals surface area contributed by atoms with Crippen molar-refractivity contribution in [2.45, 2.75) is 19.1 Å². The largest absolute Gasteiger partial charge is 1.00 e. The van der Waals surface area contributed by atoms with Crippen LogP contribution in [0.5, 0.6) is 0 Å². The van der Waals surface area contributed by atoms with Gasteiger partial charge in [-0.2, -0.15) is 10.5 Å². The van der Waals surface area contributed by atoms with Gasteiger partial charge in [-0.1, -0.05) is 0 Å². The number of carbonyl (C=O) groups excluding carboxylic acids is 1. The van der Waals surface area contributed by atoms with Gasteiger partial charge < -0.3 is 25.2 Å². The zero-order valence-corrected chi connectivity index (χ0v) is 18.9. The molecule has 0 aliphatic carbocycles. The fraction of sp³-hybridized carbons (Fsp3) is 0.217. The molecular formula is C23H19LiN4O7. The summed E-state index contributed by atoms with van der Waals surface area (Å²) in [5.41, 5.74) is 1.06. The normalized spacial score (nSPS) is 12.5. The van der Waals surface area contributed by atoms with Gasteiger partial charge in [0.15, 0.2) is 17.7 Å². The van der Waals surface area contributed by atoms with Gasteiger partial charge in [-0.15, -0.1) is 0 Å². The Bertz CT molecular complexity index is 1120. The number of hydrogen-bond donors (Lipinski definition) is 2. The molecule has 3 N–H and O–H groups in total. The molecule has 3 rings (SSSR count). The minimum absolute atomic E-state index is 0. The molecule has 1 heterocycles. The van der Waals surface area contributed by atoms with E-state index in [1.807, 2.05) is 6.07 Å². The Hall–Kier alpha value is -4.18. The smallest absolute Gasteiger partial charge is 0.870 e. The maximum absolute atomic E-state index is 11.1. The number of rotatable bonds is 2. The van der Waals surface area contributed by atoms with Crippen LogP contribution in [0.3, 0.4) is 0 Å². The number of esters is 1. The predicted molar refractivity (Wildman–Crippen MR) is 116 cm³/mol. The molecule has 1 atom stereocenters. The molecule has 1 aliphatic heterocycles. The summed E-state index contributed by atoms with van der Waals surface area (Å²) in [7, 11) is 1.25. The number of aliphatic hydroxyl groups excluding tert-OH is 1. The molecule has 2 aromatic rings.